The van der Waals surface area contributed by atoms with E-state index in [1.54, 1.807) is 18.2 Å². The van der Waals surface area contributed by atoms with Gasteiger partial charge in [0.1, 0.15) is 0 Å². The molecule has 0 aliphatic heterocycles. The molecule has 0 unspecified atom stereocenters. The molecule has 0 aliphatic rings. The van der Waals surface area contributed by atoms with E-state index in [1.165, 1.54) is 13.0 Å². The molecule has 1 amide bonds. The average molecular weight is 394 g/mol. The van der Waals surface area contributed by atoms with Gasteiger partial charge in [-0.1, -0.05) is 60.1 Å². The Morgan fingerprint density at radius 2 is 1.82 bits per heavy atom. The number of fused-ring (bicyclic) bond motifs is 1. The second-order valence-corrected chi connectivity index (χ2v) is 6.87. The first kappa shape index (κ1) is 19.6. The zero-order valence-electron chi connectivity index (χ0n) is 15.6. The van der Waals surface area contributed by atoms with Gasteiger partial charge < -0.3 is 10.1 Å². The Morgan fingerprint density at radius 1 is 1.07 bits per heavy atom. The van der Waals surface area contributed by atoms with E-state index in [0.29, 0.717) is 10.7 Å². The molecular formula is C23H20ClNO3. The van der Waals surface area contributed by atoms with E-state index in [9.17, 15) is 9.59 Å². The van der Waals surface area contributed by atoms with Crippen LogP contribution in [0.1, 0.15) is 18.1 Å². The quantitative estimate of drug-likeness (QED) is 0.467. The number of anilines is 1. The van der Waals surface area contributed by atoms with Crippen LogP contribution in [0.5, 0.6) is 0 Å². The molecule has 142 valence electrons. The lowest BCUT2D eigenvalue weighted by molar-refractivity contribution is -0.148. The molecule has 3 rings (SSSR count). The number of carbonyl (C=O) groups excluding carboxylic acids is 2. The Kier molecular flexibility index (Phi) is 6.12. The predicted molar refractivity (Wildman–Crippen MR) is 113 cm³/mol. The summed E-state index contributed by atoms with van der Waals surface area (Å²) in [4.78, 5) is 24.4. The van der Waals surface area contributed by atoms with Crippen molar-refractivity contribution in [2.75, 3.05) is 5.32 Å². The topological polar surface area (TPSA) is 55.4 Å². The van der Waals surface area contributed by atoms with Crippen LogP contribution in [-0.4, -0.2) is 18.0 Å². The Balaban J connectivity index is 1.64. The SMILES string of the molecule is Cc1ccc(Cl)cc1NC(=O)[C@H](C)OC(=O)/C=C/c1cccc2ccccc12. The third-order valence-corrected chi connectivity index (χ3v) is 4.58. The summed E-state index contributed by atoms with van der Waals surface area (Å²) in [5.41, 5.74) is 2.36. The molecule has 3 aromatic rings. The van der Waals surface area contributed by atoms with Crippen LogP contribution in [0.3, 0.4) is 0 Å². The molecular weight excluding hydrogens is 374 g/mol. The summed E-state index contributed by atoms with van der Waals surface area (Å²) in [6.45, 7) is 3.38. The first-order chi connectivity index (χ1) is 13.4. The number of halogens is 1. The van der Waals surface area contributed by atoms with Crippen LogP contribution < -0.4 is 5.32 Å². The van der Waals surface area contributed by atoms with Gasteiger partial charge in [-0.05, 0) is 54.0 Å². The number of rotatable bonds is 5. The van der Waals surface area contributed by atoms with E-state index >= 15 is 0 Å². The van der Waals surface area contributed by atoms with Crippen molar-refractivity contribution < 1.29 is 14.3 Å². The molecule has 5 heteroatoms. The number of aryl methyl sites for hydroxylation is 1. The fourth-order valence-corrected chi connectivity index (χ4v) is 2.96. The van der Waals surface area contributed by atoms with Gasteiger partial charge in [0, 0.05) is 16.8 Å². The van der Waals surface area contributed by atoms with Crippen LogP contribution in [-0.2, 0) is 14.3 Å². The standard InChI is InChI=1S/C23H20ClNO3/c1-15-10-12-19(24)14-21(15)25-23(27)16(2)28-22(26)13-11-18-8-5-7-17-6-3-4-9-20(17)18/h3-14,16H,1-2H3,(H,25,27)/b13-11+/t16-/m0/s1. The normalized spacial score (nSPS) is 12.1. The van der Waals surface area contributed by atoms with Gasteiger partial charge in [-0.15, -0.1) is 0 Å². The monoisotopic (exact) mass is 393 g/mol. The highest BCUT2D eigenvalue weighted by Gasteiger charge is 2.17. The minimum atomic E-state index is -0.942. The number of benzene rings is 3. The van der Waals surface area contributed by atoms with Crippen molar-refractivity contribution in [2.45, 2.75) is 20.0 Å². The van der Waals surface area contributed by atoms with Crippen LogP contribution in [0, 0.1) is 6.92 Å². The minimum absolute atomic E-state index is 0.419. The molecule has 28 heavy (non-hydrogen) atoms. The zero-order chi connectivity index (χ0) is 20.1. The van der Waals surface area contributed by atoms with Crippen LogP contribution in [0.15, 0.2) is 66.7 Å². The molecule has 3 aromatic carbocycles. The summed E-state index contributed by atoms with van der Waals surface area (Å²) in [6, 6.07) is 19.0. The van der Waals surface area contributed by atoms with Crippen LogP contribution >= 0.6 is 11.6 Å². The second kappa shape index (κ2) is 8.72. The molecule has 1 N–H and O–H groups in total. The fraction of sp³-hybridized carbons (Fsp3) is 0.130. The number of carbonyl (C=O) groups is 2. The summed E-state index contributed by atoms with van der Waals surface area (Å²) >= 11 is 5.96. The van der Waals surface area contributed by atoms with Crippen LogP contribution in [0.25, 0.3) is 16.8 Å². The largest absolute Gasteiger partial charge is 0.449 e. The Labute approximate surface area is 168 Å². The Morgan fingerprint density at radius 3 is 2.64 bits per heavy atom. The maximum absolute atomic E-state index is 12.3. The summed E-state index contributed by atoms with van der Waals surface area (Å²) in [7, 11) is 0. The first-order valence-corrected chi connectivity index (χ1v) is 9.25. The smallest absolute Gasteiger partial charge is 0.331 e. The number of nitrogens with one attached hydrogen (secondary N) is 1. The lowest BCUT2D eigenvalue weighted by Crippen LogP contribution is -2.29. The second-order valence-electron chi connectivity index (χ2n) is 6.43. The highest BCUT2D eigenvalue weighted by Crippen LogP contribution is 2.21. The number of esters is 1. The van der Waals surface area contributed by atoms with Crippen LogP contribution in [0.4, 0.5) is 5.69 Å². The molecule has 0 heterocycles. The molecule has 0 radical (unpaired) electrons. The third kappa shape index (κ3) is 4.78. The summed E-state index contributed by atoms with van der Waals surface area (Å²) in [6.07, 6.45) is 2.08. The Hall–Kier alpha value is -3.11. The summed E-state index contributed by atoms with van der Waals surface area (Å²) < 4.78 is 5.22. The molecule has 0 spiro atoms. The van der Waals surface area contributed by atoms with E-state index in [-0.39, 0.29) is 0 Å². The van der Waals surface area contributed by atoms with Gasteiger partial charge in [0.15, 0.2) is 6.10 Å². The molecule has 0 saturated heterocycles. The molecule has 0 aliphatic carbocycles. The minimum Gasteiger partial charge on any atom is -0.449 e. The predicted octanol–water partition coefficient (Wildman–Crippen LogP) is 5.39. The Bertz CT molecular complexity index is 1050. The van der Waals surface area contributed by atoms with Crippen molar-refractivity contribution in [1.82, 2.24) is 0 Å². The number of hydrogen-bond acceptors (Lipinski definition) is 3. The van der Waals surface area contributed by atoms with Gasteiger partial charge in [0.05, 0.1) is 0 Å². The van der Waals surface area contributed by atoms with Crippen molar-refractivity contribution in [3.05, 3.63) is 82.9 Å². The van der Waals surface area contributed by atoms with Gasteiger partial charge >= 0.3 is 5.97 Å². The van der Waals surface area contributed by atoms with Crippen molar-refractivity contribution in [3.63, 3.8) is 0 Å². The average Bonchev–Trinajstić information content (AvgIpc) is 2.69. The van der Waals surface area contributed by atoms with Crippen molar-refractivity contribution in [2.24, 2.45) is 0 Å². The highest BCUT2D eigenvalue weighted by atomic mass is 35.5. The number of ether oxygens (including phenoxy) is 1. The van der Waals surface area contributed by atoms with Crippen molar-refractivity contribution >= 4 is 46.0 Å². The number of amides is 1. The lowest BCUT2D eigenvalue weighted by Gasteiger charge is -2.14. The van der Waals surface area contributed by atoms with E-state index in [4.69, 9.17) is 16.3 Å². The van der Waals surface area contributed by atoms with Crippen molar-refractivity contribution in [1.29, 1.82) is 0 Å². The molecule has 0 aromatic heterocycles. The molecule has 4 nitrogen and oxygen atoms in total. The molecule has 1 atom stereocenters. The summed E-state index contributed by atoms with van der Waals surface area (Å²) in [5, 5.41) is 5.37. The van der Waals surface area contributed by atoms with Gasteiger partial charge in [0.25, 0.3) is 5.91 Å². The fourth-order valence-electron chi connectivity index (χ4n) is 2.78. The molecule has 0 saturated carbocycles. The first-order valence-electron chi connectivity index (χ1n) is 8.87. The summed E-state index contributed by atoms with van der Waals surface area (Å²) in [5.74, 6) is -1.00. The van der Waals surface area contributed by atoms with Gasteiger partial charge in [0.2, 0.25) is 0 Å². The zero-order valence-corrected chi connectivity index (χ0v) is 16.4. The highest BCUT2D eigenvalue weighted by molar-refractivity contribution is 6.31. The maximum Gasteiger partial charge on any atom is 0.331 e. The molecule has 0 fully saturated rings. The molecule has 0 bridgehead atoms. The van der Waals surface area contributed by atoms with Gasteiger partial charge in [-0.2, -0.15) is 0 Å². The third-order valence-electron chi connectivity index (χ3n) is 4.34. The van der Waals surface area contributed by atoms with Crippen molar-refractivity contribution in [3.8, 4) is 0 Å². The van der Waals surface area contributed by atoms with E-state index in [2.05, 4.69) is 5.32 Å². The van der Waals surface area contributed by atoms with Gasteiger partial charge in [-0.25, -0.2) is 4.79 Å². The van der Waals surface area contributed by atoms with Gasteiger partial charge in [-0.3, -0.25) is 4.79 Å². The van der Waals surface area contributed by atoms with E-state index in [1.807, 2.05) is 55.5 Å². The van der Waals surface area contributed by atoms with Crippen LogP contribution in [0.2, 0.25) is 5.02 Å². The maximum atomic E-state index is 12.3. The van der Waals surface area contributed by atoms with E-state index in [0.717, 1.165) is 21.9 Å². The number of hydrogen-bond donors (Lipinski definition) is 1. The van der Waals surface area contributed by atoms with E-state index < -0.39 is 18.0 Å². The lowest BCUT2D eigenvalue weighted by atomic mass is 10.0.